The van der Waals surface area contributed by atoms with E-state index in [1.165, 1.54) is 37.0 Å². The molecule has 1 unspecified atom stereocenters. The molecule has 5 nitrogen and oxygen atoms in total. The summed E-state index contributed by atoms with van der Waals surface area (Å²) in [6, 6.07) is 0.569. The highest BCUT2D eigenvalue weighted by Gasteiger charge is 2.49. The van der Waals surface area contributed by atoms with Crippen LogP contribution in [0.15, 0.2) is 6.20 Å². The van der Waals surface area contributed by atoms with E-state index in [4.69, 9.17) is 4.74 Å². The van der Waals surface area contributed by atoms with Crippen molar-refractivity contribution in [1.29, 1.82) is 0 Å². The molecule has 1 atom stereocenters. The zero-order valence-corrected chi connectivity index (χ0v) is 13.1. The third-order valence-electron chi connectivity index (χ3n) is 4.79. The molecule has 0 spiro atoms. The van der Waals surface area contributed by atoms with E-state index in [0.29, 0.717) is 31.7 Å². The van der Waals surface area contributed by atoms with Gasteiger partial charge in [-0.15, -0.1) is 0 Å². The van der Waals surface area contributed by atoms with Crippen molar-refractivity contribution >= 4 is 22.4 Å². The second kappa shape index (κ2) is 4.95. The first-order valence-corrected chi connectivity index (χ1v) is 8.60. The largest absolute Gasteiger partial charge is 0.377 e. The minimum absolute atomic E-state index is 0.119. The average molecular weight is 307 g/mol. The van der Waals surface area contributed by atoms with Crippen LogP contribution in [0.3, 0.4) is 0 Å². The molecule has 2 heterocycles. The van der Waals surface area contributed by atoms with Crippen molar-refractivity contribution in [2.75, 3.05) is 25.1 Å². The first-order chi connectivity index (χ1) is 10.2. The number of amides is 1. The van der Waals surface area contributed by atoms with Crippen LogP contribution in [-0.2, 0) is 4.74 Å². The monoisotopic (exact) mass is 307 g/mol. The van der Waals surface area contributed by atoms with Crippen molar-refractivity contribution in [1.82, 2.24) is 9.88 Å². The summed E-state index contributed by atoms with van der Waals surface area (Å²) in [6.45, 7) is 4.16. The van der Waals surface area contributed by atoms with Gasteiger partial charge in [0.2, 0.25) is 0 Å². The minimum Gasteiger partial charge on any atom is -0.377 e. The quantitative estimate of drug-likeness (QED) is 0.928. The Kier molecular flexibility index (Phi) is 3.19. The van der Waals surface area contributed by atoms with E-state index < -0.39 is 0 Å². The number of nitrogens with zero attached hydrogens (tertiary/aromatic N) is 2. The van der Waals surface area contributed by atoms with Gasteiger partial charge in [-0.2, -0.15) is 0 Å². The number of carbonyl (C=O) groups is 1. The number of rotatable bonds is 4. The van der Waals surface area contributed by atoms with Crippen LogP contribution < -0.4 is 5.32 Å². The Hall–Kier alpha value is -1.14. The molecule has 114 valence electrons. The molecule has 3 aliphatic rings. The smallest absolute Gasteiger partial charge is 0.266 e. The van der Waals surface area contributed by atoms with Crippen molar-refractivity contribution in [3.63, 3.8) is 0 Å². The molecule has 3 fully saturated rings. The van der Waals surface area contributed by atoms with Gasteiger partial charge >= 0.3 is 0 Å². The highest BCUT2D eigenvalue weighted by molar-refractivity contribution is 7.17. The van der Waals surface area contributed by atoms with Crippen LogP contribution in [0.2, 0.25) is 0 Å². The molecule has 2 saturated carbocycles. The van der Waals surface area contributed by atoms with Crippen LogP contribution in [0.4, 0.5) is 5.13 Å². The molecule has 1 saturated heterocycles. The zero-order chi connectivity index (χ0) is 14.4. The van der Waals surface area contributed by atoms with Crippen molar-refractivity contribution in [2.45, 2.75) is 44.2 Å². The number of thiazole rings is 1. The highest BCUT2D eigenvalue weighted by atomic mass is 32.1. The maximum Gasteiger partial charge on any atom is 0.266 e. The molecular formula is C15H21N3O2S. The molecule has 1 aromatic heterocycles. The number of anilines is 1. The van der Waals surface area contributed by atoms with Crippen LogP contribution in [-0.4, -0.2) is 47.1 Å². The van der Waals surface area contributed by atoms with Crippen LogP contribution in [0.5, 0.6) is 0 Å². The fourth-order valence-electron chi connectivity index (χ4n) is 3.12. The molecule has 1 amide bonds. The van der Waals surface area contributed by atoms with Crippen molar-refractivity contribution < 1.29 is 9.53 Å². The van der Waals surface area contributed by atoms with E-state index in [2.05, 4.69) is 17.2 Å². The lowest BCUT2D eigenvalue weighted by Crippen LogP contribution is -2.58. The number of carbonyl (C=O) groups excluding carboxylic acids is 1. The molecular weight excluding hydrogens is 286 g/mol. The van der Waals surface area contributed by atoms with Gasteiger partial charge in [-0.1, -0.05) is 11.3 Å². The summed E-state index contributed by atoms with van der Waals surface area (Å²) in [5, 5.41) is 4.24. The fourth-order valence-corrected chi connectivity index (χ4v) is 3.96. The maximum atomic E-state index is 12.9. The lowest BCUT2D eigenvalue weighted by molar-refractivity contribution is -0.0545. The topological polar surface area (TPSA) is 54.5 Å². The van der Waals surface area contributed by atoms with Gasteiger partial charge in [0.25, 0.3) is 5.91 Å². The molecule has 1 N–H and O–H groups in total. The summed E-state index contributed by atoms with van der Waals surface area (Å²) >= 11 is 1.48. The standard InChI is InChI=1S/C15H21N3O2S/c1-15(10-2-3-10)9-20-7-6-18(15)13(19)12-8-16-14(21-12)17-11-4-5-11/h8,10-11H,2-7,9H2,1H3,(H,16,17). The zero-order valence-electron chi connectivity index (χ0n) is 12.3. The average Bonchev–Trinajstić information content (AvgIpc) is 3.37. The molecule has 2 aliphatic carbocycles. The van der Waals surface area contributed by atoms with Crippen molar-refractivity contribution in [3.8, 4) is 0 Å². The third kappa shape index (κ3) is 2.55. The predicted molar refractivity (Wildman–Crippen MR) is 81.7 cm³/mol. The molecule has 0 aromatic carbocycles. The molecule has 1 aliphatic heterocycles. The number of aromatic nitrogens is 1. The lowest BCUT2D eigenvalue weighted by Gasteiger charge is -2.44. The maximum absolute atomic E-state index is 12.9. The van der Waals surface area contributed by atoms with Gasteiger partial charge < -0.3 is 15.0 Å². The summed E-state index contributed by atoms with van der Waals surface area (Å²) < 4.78 is 5.65. The summed E-state index contributed by atoms with van der Waals surface area (Å²) in [5.41, 5.74) is -0.136. The normalized spacial score (nSPS) is 29.5. The Morgan fingerprint density at radius 2 is 2.29 bits per heavy atom. The Labute approximate surface area is 128 Å². The second-order valence-corrected chi connectivity index (χ2v) is 7.62. The van der Waals surface area contributed by atoms with Crippen molar-refractivity contribution in [2.24, 2.45) is 5.92 Å². The Balaban J connectivity index is 1.52. The molecule has 21 heavy (non-hydrogen) atoms. The third-order valence-corrected chi connectivity index (χ3v) is 5.71. The van der Waals surface area contributed by atoms with Crippen LogP contribution in [0.1, 0.15) is 42.3 Å². The highest BCUT2D eigenvalue weighted by Crippen LogP contribution is 2.45. The van der Waals surface area contributed by atoms with Crippen LogP contribution >= 0.6 is 11.3 Å². The van der Waals surface area contributed by atoms with Gasteiger partial charge in [-0.3, -0.25) is 4.79 Å². The Morgan fingerprint density at radius 3 is 3.00 bits per heavy atom. The number of hydrogen-bond donors (Lipinski definition) is 1. The minimum atomic E-state index is -0.136. The van der Waals surface area contributed by atoms with Gasteiger partial charge in [-0.25, -0.2) is 4.98 Å². The summed E-state index contributed by atoms with van der Waals surface area (Å²) in [6.07, 6.45) is 6.57. The fraction of sp³-hybridized carbons (Fsp3) is 0.733. The van der Waals surface area contributed by atoms with E-state index in [9.17, 15) is 4.79 Å². The Bertz CT molecular complexity index is 553. The van der Waals surface area contributed by atoms with E-state index in [0.717, 1.165) is 10.0 Å². The van der Waals surface area contributed by atoms with Crippen LogP contribution in [0, 0.1) is 5.92 Å². The van der Waals surface area contributed by atoms with E-state index in [-0.39, 0.29) is 11.4 Å². The molecule has 1 aromatic rings. The number of morpholine rings is 1. The number of nitrogens with one attached hydrogen (secondary N) is 1. The van der Waals surface area contributed by atoms with Crippen LogP contribution in [0.25, 0.3) is 0 Å². The Morgan fingerprint density at radius 1 is 1.48 bits per heavy atom. The van der Waals surface area contributed by atoms with Crippen molar-refractivity contribution in [3.05, 3.63) is 11.1 Å². The number of hydrogen-bond acceptors (Lipinski definition) is 5. The molecule has 6 heteroatoms. The first kappa shape index (κ1) is 13.5. The molecule has 0 radical (unpaired) electrons. The summed E-state index contributed by atoms with van der Waals surface area (Å²) in [7, 11) is 0. The lowest BCUT2D eigenvalue weighted by atomic mass is 9.93. The second-order valence-electron chi connectivity index (χ2n) is 6.59. The molecule has 0 bridgehead atoms. The van der Waals surface area contributed by atoms with E-state index >= 15 is 0 Å². The van der Waals surface area contributed by atoms with Gasteiger partial charge in [-0.05, 0) is 38.5 Å². The van der Waals surface area contributed by atoms with E-state index in [1.54, 1.807) is 6.20 Å². The van der Waals surface area contributed by atoms with Gasteiger partial charge in [0.05, 0.1) is 24.9 Å². The molecule has 4 rings (SSSR count). The van der Waals surface area contributed by atoms with Gasteiger partial charge in [0.1, 0.15) is 4.88 Å². The summed E-state index contributed by atoms with van der Waals surface area (Å²) in [4.78, 5) is 20.0. The SMILES string of the molecule is CC1(C2CC2)COCCN1C(=O)c1cnc(NC2CC2)s1. The number of ether oxygens (including phenoxy) is 1. The predicted octanol–water partition coefficient (Wildman–Crippen LogP) is 2.36. The van der Waals surface area contributed by atoms with Gasteiger partial charge in [0.15, 0.2) is 5.13 Å². The van der Waals surface area contributed by atoms with Gasteiger partial charge in [0, 0.05) is 12.6 Å². The first-order valence-electron chi connectivity index (χ1n) is 7.79. The van der Waals surface area contributed by atoms with E-state index in [1.807, 2.05) is 4.90 Å². The summed E-state index contributed by atoms with van der Waals surface area (Å²) in [5.74, 6) is 0.716.